The van der Waals surface area contributed by atoms with Crippen molar-refractivity contribution in [2.75, 3.05) is 6.61 Å². The summed E-state index contributed by atoms with van der Waals surface area (Å²) < 4.78 is 7.63. The highest BCUT2D eigenvalue weighted by atomic mass is 35.5. The minimum atomic E-state index is -0.334. The van der Waals surface area contributed by atoms with E-state index >= 15 is 0 Å². The molecule has 0 aliphatic rings. The fourth-order valence-electron chi connectivity index (χ4n) is 3.31. The summed E-state index contributed by atoms with van der Waals surface area (Å²) in [5.74, 6) is 0.241. The van der Waals surface area contributed by atoms with E-state index in [0.717, 1.165) is 17.0 Å². The van der Waals surface area contributed by atoms with Crippen LogP contribution in [0.4, 0.5) is 0 Å². The number of benzene rings is 2. The maximum Gasteiger partial charge on any atom is 0.277 e. The summed E-state index contributed by atoms with van der Waals surface area (Å²) in [6.45, 7) is 8.20. The van der Waals surface area contributed by atoms with Gasteiger partial charge in [-0.05, 0) is 69.2 Å². The average Bonchev–Trinajstić information content (AvgIpc) is 2.95. The molecule has 150 valence electrons. The van der Waals surface area contributed by atoms with Crippen molar-refractivity contribution in [1.29, 1.82) is 0 Å². The van der Waals surface area contributed by atoms with Gasteiger partial charge in [0.05, 0.1) is 11.9 Å². The smallest absolute Gasteiger partial charge is 0.277 e. The Hall–Kier alpha value is -3.05. The number of rotatable bonds is 6. The number of aromatic nitrogens is 1. The number of hydrazone groups is 1. The molecule has 0 aliphatic carbocycles. The SMILES string of the molecule is Cc1cccc(C)c1-n1c(C)cc(/C=N\NC(=O)COc2ccc(Cl)cc2)c1C. The molecule has 0 saturated heterocycles. The number of nitrogens with zero attached hydrogens (tertiary/aromatic N) is 2. The van der Waals surface area contributed by atoms with Gasteiger partial charge in [0.25, 0.3) is 5.91 Å². The normalized spacial score (nSPS) is 11.1. The Balaban J connectivity index is 1.67. The lowest BCUT2D eigenvalue weighted by Gasteiger charge is -2.15. The standard InChI is InChI=1S/C23H24ClN3O2/c1-15-6-5-7-16(2)23(15)27-17(3)12-19(18(27)4)13-25-26-22(28)14-29-21-10-8-20(24)9-11-21/h5-13H,14H2,1-4H3,(H,26,28)/b25-13-. The monoisotopic (exact) mass is 409 g/mol. The van der Waals surface area contributed by atoms with Crippen LogP contribution in [0.25, 0.3) is 5.69 Å². The van der Waals surface area contributed by atoms with E-state index in [9.17, 15) is 4.79 Å². The molecule has 0 aliphatic heterocycles. The molecule has 0 spiro atoms. The Bertz CT molecular complexity index is 1030. The van der Waals surface area contributed by atoms with Gasteiger partial charge in [0.1, 0.15) is 5.75 Å². The Morgan fingerprint density at radius 1 is 1.10 bits per heavy atom. The van der Waals surface area contributed by atoms with Crippen molar-refractivity contribution < 1.29 is 9.53 Å². The number of carbonyl (C=O) groups excluding carboxylic acids is 1. The van der Waals surface area contributed by atoms with E-state index in [1.165, 1.54) is 16.8 Å². The molecule has 6 heteroatoms. The van der Waals surface area contributed by atoms with Crippen LogP contribution in [-0.2, 0) is 4.79 Å². The van der Waals surface area contributed by atoms with E-state index in [-0.39, 0.29) is 12.5 Å². The number of halogens is 1. The van der Waals surface area contributed by atoms with Crippen molar-refractivity contribution in [3.05, 3.63) is 81.6 Å². The number of hydrogen-bond acceptors (Lipinski definition) is 3. The number of ether oxygens (including phenoxy) is 1. The first-order chi connectivity index (χ1) is 13.9. The molecule has 3 aromatic rings. The molecule has 1 heterocycles. The summed E-state index contributed by atoms with van der Waals surface area (Å²) >= 11 is 5.83. The van der Waals surface area contributed by atoms with Crippen LogP contribution >= 0.6 is 11.6 Å². The number of aryl methyl sites for hydroxylation is 3. The number of hydrogen-bond donors (Lipinski definition) is 1. The van der Waals surface area contributed by atoms with Crippen molar-refractivity contribution in [2.45, 2.75) is 27.7 Å². The summed E-state index contributed by atoms with van der Waals surface area (Å²) in [5, 5.41) is 4.70. The van der Waals surface area contributed by atoms with E-state index in [4.69, 9.17) is 16.3 Å². The van der Waals surface area contributed by atoms with Crippen molar-refractivity contribution >= 4 is 23.7 Å². The Morgan fingerprint density at radius 3 is 2.41 bits per heavy atom. The third-order valence-electron chi connectivity index (χ3n) is 4.71. The van der Waals surface area contributed by atoms with Gasteiger partial charge in [-0.25, -0.2) is 5.43 Å². The fraction of sp³-hybridized carbons (Fsp3) is 0.217. The zero-order valence-corrected chi connectivity index (χ0v) is 17.7. The third kappa shape index (κ3) is 4.87. The predicted octanol–water partition coefficient (Wildman–Crippen LogP) is 4.89. The third-order valence-corrected chi connectivity index (χ3v) is 4.96. The number of carbonyl (C=O) groups is 1. The maximum absolute atomic E-state index is 12.0. The van der Waals surface area contributed by atoms with E-state index < -0.39 is 0 Å². The summed E-state index contributed by atoms with van der Waals surface area (Å²) in [5.41, 5.74) is 9.23. The number of amides is 1. The number of para-hydroxylation sites is 1. The molecule has 29 heavy (non-hydrogen) atoms. The molecular formula is C23H24ClN3O2. The van der Waals surface area contributed by atoms with Crippen molar-refractivity contribution in [3.63, 3.8) is 0 Å². The van der Waals surface area contributed by atoms with Crippen LogP contribution in [-0.4, -0.2) is 23.3 Å². The molecule has 3 rings (SSSR count). The predicted molar refractivity (Wildman–Crippen MR) is 117 cm³/mol. The second kappa shape index (κ2) is 8.97. The summed E-state index contributed by atoms with van der Waals surface area (Å²) in [7, 11) is 0. The van der Waals surface area contributed by atoms with Gasteiger partial charge in [-0.15, -0.1) is 0 Å². The largest absolute Gasteiger partial charge is 0.484 e. The molecule has 1 aromatic heterocycles. The van der Waals surface area contributed by atoms with Gasteiger partial charge in [-0.3, -0.25) is 4.79 Å². The minimum Gasteiger partial charge on any atom is -0.484 e. The highest BCUT2D eigenvalue weighted by molar-refractivity contribution is 6.30. The molecule has 0 atom stereocenters. The zero-order valence-electron chi connectivity index (χ0n) is 17.0. The molecule has 1 N–H and O–H groups in total. The maximum atomic E-state index is 12.0. The van der Waals surface area contributed by atoms with Crippen LogP contribution in [0.5, 0.6) is 5.75 Å². The van der Waals surface area contributed by atoms with Crippen molar-refractivity contribution in [1.82, 2.24) is 9.99 Å². The van der Waals surface area contributed by atoms with Crippen LogP contribution in [0, 0.1) is 27.7 Å². The van der Waals surface area contributed by atoms with Crippen LogP contribution < -0.4 is 10.2 Å². The zero-order chi connectivity index (χ0) is 21.0. The second-order valence-electron chi connectivity index (χ2n) is 6.94. The first-order valence-electron chi connectivity index (χ1n) is 9.32. The Morgan fingerprint density at radius 2 is 1.76 bits per heavy atom. The van der Waals surface area contributed by atoms with E-state index in [0.29, 0.717) is 10.8 Å². The molecule has 0 bridgehead atoms. The van der Waals surface area contributed by atoms with E-state index in [1.807, 2.05) is 6.92 Å². The molecule has 0 saturated carbocycles. The molecule has 2 aromatic carbocycles. The van der Waals surface area contributed by atoms with E-state index in [1.54, 1.807) is 30.5 Å². The first-order valence-corrected chi connectivity index (χ1v) is 9.70. The fourth-order valence-corrected chi connectivity index (χ4v) is 3.43. The highest BCUT2D eigenvalue weighted by Gasteiger charge is 2.13. The Labute approximate surface area is 176 Å². The average molecular weight is 410 g/mol. The molecule has 0 radical (unpaired) electrons. The van der Waals surface area contributed by atoms with Crippen LogP contribution in [0.1, 0.15) is 28.1 Å². The summed E-state index contributed by atoms with van der Waals surface area (Å²) in [6.07, 6.45) is 1.66. The van der Waals surface area contributed by atoms with Gasteiger partial charge in [0.2, 0.25) is 0 Å². The highest BCUT2D eigenvalue weighted by Crippen LogP contribution is 2.25. The lowest BCUT2D eigenvalue weighted by Crippen LogP contribution is -2.24. The molecular weight excluding hydrogens is 386 g/mol. The topological polar surface area (TPSA) is 55.6 Å². The second-order valence-corrected chi connectivity index (χ2v) is 7.37. The van der Waals surface area contributed by atoms with Gasteiger partial charge in [0, 0.05) is 22.0 Å². The molecule has 5 nitrogen and oxygen atoms in total. The summed E-state index contributed by atoms with van der Waals surface area (Å²) in [4.78, 5) is 12.0. The quantitative estimate of drug-likeness (QED) is 0.465. The lowest BCUT2D eigenvalue weighted by atomic mass is 10.1. The Kier molecular flexibility index (Phi) is 6.39. The van der Waals surface area contributed by atoms with Crippen molar-refractivity contribution in [2.24, 2.45) is 5.10 Å². The van der Waals surface area contributed by atoms with Gasteiger partial charge >= 0.3 is 0 Å². The van der Waals surface area contributed by atoms with E-state index in [2.05, 4.69) is 60.1 Å². The molecule has 0 unspecified atom stereocenters. The van der Waals surface area contributed by atoms with Gasteiger partial charge in [0.15, 0.2) is 6.61 Å². The van der Waals surface area contributed by atoms with Gasteiger partial charge < -0.3 is 9.30 Å². The lowest BCUT2D eigenvalue weighted by molar-refractivity contribution is -0.123. The molecule has 1 amide bonds. The minimum absolute atomic E-state index is 0.125. The van der Waals surface area contributed by atoms with Crippen molar-refractivity contribution in [3.8, 4) is 11.4 Å². The van der Waals surface area contributed by atoms with Crippen LogP contribution in [0.15, 0.2) is 53.6 Å². The van der Waals surface area contributed by atoms with Gasteiger partial charge in [-0.2, -0.15) is 5.10 Å². The summed E-state index contributed by atoms with van der Waals surface area (Å²) in [6, 6.07) is 15.2. The molecule has 0 fully saturated rings. The first kappa shape index (κ1) is 20.7. The van der Waals surface area contributed by atoms with Crippen LogP contribution in [0.3, 0.4) is 0 Å². The van der Waals surface area contributed by atoms with Crippen LogP contribution in [0.2, 0.25) is 5.02 Å². The van der Waals surface area contributed by atoms with Gasteiger partial charge in [-0.1, -0.05) is 29.8 Å². The number of nitrogens with one attached hydrogen (secondary N) is 1.